The summed E-state index contributed by atoms with van der Waals surface area (Å²) in [6.07, 6.45) is 1.16. The summed E-state index contributed by atoms with van der Waals surface area (Å²) in [7, 11) is 0. The maximum absolute atomic E-state index is 12.3. The van der Waals surface area contributed by atoms with Gasteiger partial charge in [0.05, 0.1) is 11.0 Å². The van der Waals surface area contributed by atoms with Gasteiger partial charge in [0.15, 0.2) is 0 Å². The van der Waals surface area contributed by atoms with Crippen LogP contribution in [0.15, 0.2) is 12.3 Å². The van der Waals surface area contributed by atoms with Crippen LogP contribution >= 0.6 is 0 Å². The average molecular weight is 280 g/mol. The van der Waals surface area contributed by atoms with Gasteiger partial charge in [-0.1, -0.05) is 0 Å². The zero-order chi connectivity index (χ0) is 14.9. The number of hydrogen-bond donors (Lipinski definition) is 2. The Kier molecular flexibility index (Phi) is 3.84. The summed E-state index contributed by atoms with van der Waals surface area (Å²) in [5.74, 6) is -0.392. The van der Waals surface area contributed by atoms with Crippen LogP contribution < -0.4 is 5.73 Å². The molecule has 8 nitrogen and oxygen atoms in total. The van der Waals surface area contributed by atoms with Gasteiger partial charge in [0, 0.05) is 19.0 Å². The second kappa shape index (κ2) is 5.41. The topological polar surface area (TPSA) is 123 Å². The van der Waals surface area contributed by atoms with Gasteiger partial charge in [0.25, 0.3) is 11.6 Å². The molecule has 20 heavy (non-hydrogen) atoms. The number of aliphatic hydroxyl groups is 1. The number of rotatable bonds is 3. The molecule has 3 N–H and O–H groups in total. The van der Waals surface area contributed by atoms with Gasteiger partial charge < -0.3 is 15.7 Å². The molecule has 0 aromatic carbocycles. The van der Waals surface area contributed by atoms with Crippen LogP contribution in [-0.2, 0) is 0 Å². The first kappa shape index (κ1) is 14.2. The molecular formula is C12H16N4O4. The Morgan fingerprint density at radius 2 is 2.40 bits per heavy atom. The van der Waals surface area contributed by atoms with Crippen LogP contribution in [-0.4, -0.2) is 45.0 Å². The summed E-state index contributed by atoms with van der Waals surface area (Å²) in [4.78, 5) is 27.8. The highest BCUT2D eigenvalue weighted by Gasteiger charge is 2.32. The molecule has 0 aliphatic carbocycles. The highest BCUT2D eigenvalue weighted by Crippen LogP contribution is 2.25. The molecule has 2 heterocycles. The number of likely N-dealkylation sites (tertiary alicyclic amines) is 1. The second-order valence-corrected chi connectivity index (χ2v) is 4.92. The molecule has 0 bridgehead atoms. The van der Waals surface area contributed by atoms with Crippen molar-refractivity contribution in [3.05, 3.63) is 27.9 Å². The number of nitro groups is 1. The van der Waals surface area contributed by atoms with E-state index in [0.717, 1.165) is 6.20 Å². The van der Waals surface area contributed by atoms with Crippen LogP contribution in [0.4, 0.5) is 11.5 Å². The van der Waals surface area contributed by atoms with E-state index in [2.05, 4.69) is 4.98 Å². The largest absolute Gasteiger partial charge is 0.393 e. The van der Waals surface area contributed by atoms with Crippen LogP contribution in [0, 0.1) is 16.0 Å². The van der Waals surface area contributed by atoms with Crippen molar-refractivity contribution in [1.82, 2.24) is 9.88 Å². The molecule has 8 heteroatoms. The number of amides is 1. The van der Waals surface area contributed by atoms with Crippen molar-refractivity contribution in [1.29, 1.82) is 0 Å². The first-order valence-corrected chi connectivity index (χ1v) is 6.27. The molecule has 1 aromatic rings. The van der Waals surface area contributed by atoms with Crippen molar-refractivity contribution >= 4 is 17.4 Å². The molecule has 2 unspecified atom stereocenters. The predicted octanol–water partition coefficient (Wildman–Crippen LogP) is 0.415. The highest BCUT2D eigenvalue weighted by molar-refractivity contribution is 5.98. The molecule has 2 rings (SSSR count). The van der Waals surface area contributed by atoms with Crippen molar-refractivity contribution in [3.8, 4) is 0 Å². The average Bonchev–Trinajstić information content (AvgIpc) is 2.87. The Balaban J connectivity index is 2.26. The van der Waals surface area contributed by atoms with Crippen molar-refractivity contribution in [2.45, 2.75) is 19.4 Å². The maximum Gasteiger partial charge on any atom is 0.300 e. The van der Waals surface area contributed by atoms with E-state index in [1.54, 1.807) is 6.92 Å². The molecule has 0 spiro atoms. The first-order chi connectivity index (χ1) is 9.40. The van der Waals surface area contributed by atoms with Crippen molar-refractivity contribution in [2.75, 3.05) is 18.8 Å². The summed E-state index contributed by atoms with van der Waals surface area (Å²) < 4.78 is 0. The molecule has 1 amide bonds. The lowest BCUT2D eigenvalue weighted by atomic mass is 10.0. The number of aliphatic hydroxyl groups excluding tert-OH is 1. The summed E-state index contributed by atoms with van der Waals surface area (Å²) in [6, 6.07) is 1.22. The van der Waals surface area contributed by atoms with Crippen LogP contribution in [0.25, 0.3) is 0 Å². The zero-order valence-electron chi connectivity index (χ0n) is 11.0. The number of carbonyl (C=O) groups excluding carboxylic acids is 1. The molecule has 1 saturated heterocycles. The van der Waals surface area contributed by atoms with Crippen LogP contribution in [0.3, 0.4) is 0 Å². The van der Waals surface area contributed by atoms with Crippen molar-refractivity contribution in [3.63, 3.8) is 0 Å². The molecule has 1 aliphatic rings. The van der Waals surface area contributed by atoms with Gasteiger partial charge in [0.1, 0.15) is 17.6 Å². The third kappa shape index (κ3) is 2.69. The van der Waals surface area contributed by atoms with Crippen LogP contribution in [0.5, 0.6) is 0 Å². The monoisotopic (exact) mass is 280 g/mol. The molecule has 0 saturated carbocycles. The van der Waals surface area contributed by atoms with E-state index < -0.39 is 16.9 Å². The van der Waals surface area contributed by atoms with Crippen LogP contribution in [0.2, 0.25) is 0 Å². The van der Waals surface area contributed by atoms with Gasteiger partial charge >= 0.3 is 0 Å². The van der Waals surface area contributed by atoms with Gasteiger partial charge in [0.2, 0.25) is 0 Å². The first-order valence-electron chi connectivity index (χ1n) is 6.27. The highest BCUT2D eigenvalue weighted by atomic mass is 16.6. The second-order valence-electron chi connectivity index (χ2n) is 4.92. The molecule has 0 radical (unpaired) electrons. The Hall–Kier alpha value is -2.22. The van der Waals surface area contributed by atoms with E-state index in [-0.39, 0.29) is 23.0 Å². The van der Waals surface area contributed by atoms with Crippen molar-refractivity contribution in [2.24, 2.45) is 5.92 Å². The number of anilines is 1. The minimum Gasteiger partial charge on any atom is -0.393 e. The van der Waals surface area contributed by atoms with Gasteiger partial charge in [-0.05, 0) is 19.4 Å². The lowest BCUT2D eigenvalue weighted by molar-refractivity contribution is -0.385. The smallest absolute Gasteiger partial charge is 0.300 e. The quantitative estimate of drug-likeness (QED) is 0.611. The molecule has 2 atom stereocenters. The Bertz CT molecular complexity index is 546. The summed E-state index contributed by atoms with van der Waals surface area (Å²) >= 11 is 0. The molecule has 1 aromatic heterocycles. The number of aromatic nitrogens is 1. The number of hydrogen-bond acceptors (Lipinski definition) is 6. The van der Waals surface area contributed by atoms with E-state index in [1.807, 2.05) is 0 Å². The third-order valence-corrected chi connectivity index (χ3v) is 3.53. The number of nitrogen functional groups attached to an aromatic ring is 1. The fraction of sp³-hybridized carbons (Fsp3) is 0.500. The standard InChI is InChI=1S/C12H16N4O4/c1-7(17)8-2-3-15(6-8)12(18)9-4-11(13)14-5-10(9)16(19)20/h4-5,7-8,17H,2-3,6H2,1H3,(H2,13,14). The summed E-state index contributed by atoms with van der Waals surface area (Å²) in [5, 5.41) is 20.5. The number of pyridine rings is 1. The Morgan fingerprint density at radius 1 is 1.70 bits per heavy atom. The number of nitrogens with zero attached hydrogens (tertiary/aromatic N) is 3. The summed E-state index contributed by atoms with van der Waals surface area (Å²) in [6.45, 7) is 2.52. The fourth-order valence-corrected chi connectivity index (χ4v) is 2.32. The van der Waals surface area contributed by atoms with Gasteiger partial charge in [-0.25, -0.2) is 4.98 Å². The minimum atomic E-state index is -0.651. The normalized spacial score (nSPS) is 19.9. The maximum atomic E-state index is 12.3. The SMILES string of the molecule is CC(O)C1CCN(C(=O)c2cc(N)ncc2[N+](=O)[O-])C1. The van der Waals surface area contributed by atoms with Gasteiger partial charge in [-0.15, -0.1) is 0 Å². The number of carbonyl (C=O) groups is 1. The third-order valence-electron chi connectivity index (χ3n) is 3.53. The lowest BCUT2D eigenvalue weighted by Gasteiger charge is -2.17. The zero-order valence-corrected chi connectivity index (χ0v) is 11.0. The van der Waals surface area contributed by atoms with Crippen molar-refractivity contribution < 1.29 is 14.8 Å². The van der Waals surface area contributed by atoms with E-state index in [1.165, 1.54) is 11.0 Å². The van der Waals surface area contributed by atoms with Crippen LogP contribution in [0.1, 0.15) is 23.7 Å². The van der Waals surface area contributed by atoms with E-state index in [9.17, 15) is 20.0 Å². The van der Waals surface area contributed by atoms with E-state index in [0.29, 0.717) is 19.5 Å². The molecule has 1 aliphatic heterocycles. The lowest BCUT2D eigenvalue weighted by Crippen LogP contribution is -2.31. The van der Waals surface area contributed by atoms with E-state index >= 15 is 0 Å². The molecule has 1 fully saturated rings. The fourth-order valence-electron chi connectivity index (χ4n) is 2.32. The minimum absolute atomic E-state index is 0.00260. The van der Waals surface area contributed by atoms with Gasteiger partial charge in [-0.2, -0.15) is 0 Å². The Labute approximate surface area is 115 Å². The van der Waals surface area contributed by atoms with Gasteiger partial charge in [-0.3, -0.25) is 14.9 Å². The number of nitrogens with two attached hydrogens (primary N) is 1. The molecule has 108 valence electrons. The van der Waals surface area contributed by atoms with E-state index in [4.69, 9.17) is 5.73 Å². The predicted molar refractivity (Wildman–Crippen MR) is 71.0 cm³/mol. The summed E-state index contributed by atoms with van der Waals surface area (Å²) in [5.41, 5.74) is 5.08. The Morgan fingerprint density at radius 3 is 2.95 bits per heavy atom. The molecular weight excluding hydrogens is 264 g/mol.